The van der Waals surface area contributed by atoms with Gasteiger partial charge in [-0.3, -0.25) is 5.10 Å². The van der Waals surface area contributed by atoms with Crippen LogP contribution in [0.15, 0.2) is 5.03 Å². The van der Waals surface area contributed by atoms with Gasteiger partial charge in [-0.2, -0.15) is 9.40 Å². The number of nitrogens with zero attached hydrogens (tertiary/aromatic N) is 2. The van der Waals surface area contributed by atoms with Gasteiger partial charge in [-0.25, -0.2) is 8.42 Å². The van der Waals surface area contributed by atoms with E-state index in [1.54, 1.807) is 6.92 Å². The third kappa shape index (κ3) is 2.81. The Kier molecular flexibility index (Phi) is 3.94. The summed E-state index contributed by atoms with van der Waals surface area (Å²) in [7, 11) is -3.67. The van der Waals surface area contributed by atoms with Crippen LogP contribution in [0.2, 0.25) is 0 Å². The highest BCUT2D eigenvalue weighted by atomic mass is 32.2. The minimum Gasteiger partial charge on any atom is -0.326 e. The van der Waals surface area contributed by atoms with Crippen molar-refractivity contribution in [3.05, 3.63) is 11.3 Å². The van der Waals surface area contributed by atoms with Crippen LogP contribution in [0.25, 0.3) is 0 Å². The van der Waals surface area contributed by atoms with Gasteiger partial charge in [0.1, 0.15) is 0 Å². The summed E-state index contributed by atoms with van der Waals surface area (Å²) >= 11 is 0. The summed E-state index contributed by atoms with van der Waals surface area (Å²) in [6.07, 6.45) is 7.38. The highest BCUT2D eigenvalue weighted by Crippen LogP contribution is 2.31. The normalized spacial score (nSPS) is 15.7. The summed E-state index contributed by atoms with van der Waals surface area (Å²) in [5.41, 5.74) is 6.80. The van der Waals surface area contributed by atoms with Gasteiger partial charge >= 0.3 is 0 Å². The number of aromatic amines is 1. The first-order valence-electron chi connectivity index (χ1n) is 6.18. The maximum atomic E-state index is 12.6. The average molecular weight is 282 g/mol. The van der Waals surface area contributed by atoms with Crippen molar-refractivity contribution in [1.29, 1.82) is 0 Å². The van der Waals surface area contributed by atoms with Gasteiger partial charge in [0, 0.05) is 24.3 Å². The number of nitrogens with two attached hydrogens (primary N) is 1. The highest BCUT2D eigenvalue weighted by Gasteiger charge is 2.34. The van der Waals surface area contributed by atoms with E-state index in [1.165, 1.54) is 4.31 Å². The zero-order chi connectivity index (χ0) is 14.0. The fourth-order valence-electron chi connectivity index (χ4n) is 1.94. The van der Waals surface area contributed by atoms with E-state index in [-0.39, 0.29) is 18.1 Å². The van der Waals surface area contributed by atoms with Crippen molar-refractivity contribution in [1.82, 2.24) is 14.5 Å². The Balaban J connectivity index is 2.35. The van der Waals surface area contributed by atoms with E-state index in [2.05, 4.69) is 16.1 Å². The molecule has 0 aliphatic heterocycles. The van der Waals surface area contributed by atoms with Crippen LogP contribution in [0.5, 0.6) is 0 Å². The largest absolute Gasteiger partial charge is 0.326 e. The van der Waals surface area contributed by atoms with Crippen molar-refractivity contribution in [2.45, 2.75) is 31.3 Å². The van der Waals surface area contributed by atoms with Gasteiger partial charge in [0.05, 0.1) is 6.54 Å². The number of sulfonamides is 1. The lowest BCUT2D eigenvalue weighted by atomic mass is 10.3. The lowest BCUT2D eigenvalue weighted by Gasteiger charge is -2.18. The fourth-order valence-corrected chi connectivity index (χ4v) is 3.55. The van der Waals surface area contributed by atoms with Crippen LogP contribution in [0.1, 0.15) is 24.1 Å². The summed E-state index contributed by atoms with van der Waals surface area (Å²) in [5.74, 6) is 2.82. The van der Waals surface area contributed by atoms with Crippen LogP contribution in [0, 0.1) is 25.2 Å². The number of aromatic nitrogens is 2. The van der Waals surface area contributed by atoms with Crippen molar-refractivity contribution in [3.63, 3.8) is 0 Å². The highest BCUT2D eigenvalue weighted by molar-refractivity contribution is 7.89. The molecule has 1 fully saturated rings. The minimum atomic E-state index is -3.67. The minimum absolute atomic E-state index is 0.00315. The number of terminal acetylenes is 1. The Morgan fingerprint density at radius 1 is 1.58 bits per heavy atom. The Bertz CT molecular complexity index is 596. The molecule has 1 aromatic heterocycles. The Labute approximate surface area is 113 Å². The molecule has 0 aromatic carbocycles. The molecule has 1 heterocycles. The van der Waals surface area contributed by atoms with Crippen LogP contribution in [-0.2, 0) is 16.6 Å². The van der Waals surface area contributed by atoms with Crippen molar-refractivity contribution in [2.24, 2.45) is 11.7 Å². The third-order valence-corrected chi connectivity index (χ3v) is 5.04. The van der Waals surface area contributed by atoms with Crippen molar-refractivity contribution in [2.75, 3.05) is 13.1 Å². The zero-order valence-electron chi connectivity index (χ0n) is 10.9. The molecule has 1 aromatic rings. The second-order valence-corrected chi connectivity index (χ2v) is 6.63. The van der Waals surface area contributed by atoms with Crippen LogP contribution < -0.4 is 5.73 Å². The molecule has 0 spiro atoms. The fraction of sp³-hybridized carbons (Fsp3) is 0.583. The number of rotatable bonds is 6. The van der Waals surface area contributed by atoms with Gasteiger partial charge in [-0.1, -0.05) is 5.92 Å². The standard InChI is InChI=1S/C12H18N4O2S/c1-3-6-16(8-10-4-5-10)19(17,18)12-11(7-13)9(2)14-15-12/h1,10H,4-8,13H2,2H3,(H,14,15). The lowest BCUT2D eigenvalue weighted by molar-refractivity contribution is 0.427. The number of aryl methyl sites for hydroxylation is 1. The smallest absolute Gasteiger partial charge is 0.263 e. The molecule has 3 N–H and O–H groups in total. The molecule has 2 rings (SSSR count). The molecular weight excluding hydrogens is 264 g/mol. The molecule has 0 saturated heterocycles. The first kappa shape index (κ1) is 14.1. The van der Waals surface area contributed by atoms with E-state index >= 15 is 0 Å². The molecule has 104 valence electrons. The molecule has 0 radical (unpaired) electrons. The molecule has 19 heavy (non-hydrogen) atoms. The van der Waals surface area contributed by atoms with E-state index < -0.39 is 10.0 Å². The molecule has 0 unspecified atom stereocenters. The van der Waals surface area contributed by atoms with E-state index in [0.717, 1.165) is 12.8 Å². The van der Waals surface area contributed by atoms with Gasteiger partial charge in [0.2, 0.25) is 0 Å². The second-order valence-electron chi connectivity index (χ2n) is 4.78. The molecule has 7 heteroatoms. The zero-order valence-corrected chi connectivity index (χ0v) is 11.7. The van der Waals surface area contributed by atoms with Gasteiger partial charge in [0.25, 0.3) is 10.0 Å². The van der Waals surface area contributed by atoms with Crippen LogP contribution in [0.3, 0.4) is 0 Å². The molecule has 0 atom stereocenters. The predicted octanol–water partition coefficient (Wildman–Crippen LogP) is 0.211. The van der Waals surface area contributed by atoms with Gasteiger partial charge in [-0.15, -0.1) is 6.42 Å². The van der Waals surface area contributed by atoms with Gasteiger partial charge in [-0.05, 0) is 25.7 Å². The number of H-pyrrole nitrogens is 1. The maximum absolute atomic E-state index is 12.6. The SMILES string of the molecule is C#CCN(CC1CC1)S(=O)(=O)c1n[nH]c(C)c1CN. The summed E-state index contributed by atoms with van der Waals surface area (Å²) in [4.78, 5) is 0. The average Bonchev–Trinajstić information content (AvgIpc) is 3.09. The molecule has 1 aliphatic rings. The predicted molar refractivity (Wildman–Crippen MR) is 71.5 cm³/mol. The van der Waals surface area contributed by atoms with Gasteiger partial charge < -0.3 is 5.73 Å². The van der Waals surface area contributed by atoms with E-state index in [1.807, 2.05) is 0 Å². The monoisotopic (exact) mass is 282 g/mol. The summed E-state index contributed by atoms with van der Waals surface area (Å²) in [6, 6.07) is 0. The number of hydrogen-bond acceptors (Lipinski definition) is 4. The molecule has 1 saturated carbocycles. The lowest BCUT2D eigenvalue weighted by Crippen LogP contribution is -2.34. The quantitative estimate of drug-likeness (QED) is 0.730. The third-order valence-electron chi connectivity index (χ3n) is 3.25. The Morgan fingerprint density at radius 2 is 2.26 bits per heavy atom. The number of nitrogens with one attached hydrogen (secondary N) is 1. The first-order chi connectivity index (χ1) is 9.00. The van der Waals surface area contributed by atoms with E-state index in [9.17, 15) is 8.42 Å². The maximum Gasteiger partial charge on any atom is 0.263 e. The molecule has 1 aliphatic carbocycles. The van der Waals surface area contributed by atoms with Crippen molar-refractivity contribution in [3.8, 4) is 12.3 Å². The van der Waals surface area contributed by atoms with Gasteiger partial charge in [0.15, 0.2) is 5.03 Å². The molecule has 6 nitrogen and oxygen atoms in total. The first-order valence-corrected chi connectivity index (χ1v) is 7.62. The van der Waals surface area contributed by atoms with Crippen LogP contribution in [-0.4, -0.2) is 36.0 Å². The number of hydrogen-bond donors (Lipinski definition) is 2. The summed E-state index contributed by atoms with van der Waals surface area (Å²) < 4.78 is 26.5. The molecular formula is C12H18N4O2S. The second kappa shape index (κ2) is 5.33. The van der Waals surface area contributed by atoms with Crippen molar-refractivity contribution >= 4 is 10.0 Å². The summed E-state index contributed by atoms with van der Waals surface area (Å²) in [6.45, 7) is 2.40. The van der Waals surface area contributed by atoms with E-state index in [4.69, 9.17) is 12.2 Å². The molecule has 0 amide bonds. The Morgan fingerprint density at radius 3 is 2.79 bits per heavy atom. The van der Waals surface area contributed by atoms with E-state index in [0.29, 0.717) is 23.7 Å². The molecule has 0 bridgehead atoms. The van der Waals surface area contributed by atoms with Crippen LogP contribution >= 0.6 is 0 Å². The van der Waals surface area contributed by atoms with Crippen molar-refractivity contribution < 1.29 is 8.42 Å². The Hall–Kier alpha value is -1.36. The topological polar surface area (TPSA) is 92.1 Å². The van der Waals surface area contributed by atoms with Crippen LogP contribution in [0.4, 0.5) is 0 Å². The summed E-state index contributed by atoms with van der Waals surface area (Å²) in [5, 5.41) is 6.56.